The van der Waals surface area contributed by atoms with Crippen molar-refractivity contribution in [1.82, 2.24) is 14.8 Å². The van der Waals surface area contributed by atoms with Crippen LogP contribution in [-0.4, -0.2) is 41.6 Å². The lowest BCUT2D eigenvalue weighted by Crippen LogP contribution is -2.47. The van der Waals surface area contributed by atoms with E-state index in [9.17, 15) is 9.59 Å². The number of amides is 1. The summed E-state index contributed by atoms with van der Waals surface area (Å²) in [6.07, 6.45) is 1.66. The van der Waals surface area contributed by atoms with E-state index in [0.717, 1.165) is 37.5 Å². The largest absolute Gasteiger partial charge is 0.339 e. The summed E-state index contributed by atoms with van der Waals surface area (Å²) >= 11 is 1.12. The molecule has 1 N–H and O–H groups in total. The van der Waals surface area contributed by atoms with Crippen molar-refractivity contribution in [2.24, 2.45) is 0 Å². The van der Waals surface area contributed by atoms with Gasteiger partial charge in [-0.05, 0) is 0 Å². The van der Waals surface area contributed by atoms with Gasteiger partial charge < -0.3 is 10.2 Å². The molecule has 0 unspecified atom stereocenters. The Morgan fingerprint density at radius 1 is 1.47 bits per heavy atom. The molecule has 2 rings (SSSR count). The molecule has 1 fully saturated rings. The first-order valence-electron chi connectivity index (χ1n) is 4.90. The minimum absolute atomic E-state index is 0.0250. The highest BCUT2D eigenvalue weighted by molar-refractivity contribution is 7.07. The summed E-state index contributed by atoms with van der Waals surface area (Å²) in [6, 6.07) is 0. The van der Waals surface area contributed by atoms with Crippen LogP contribution in [-0.2, 0) is 11.3 Å². The van der Waals surface area contributed by atoms with Gasteiger partial charge in [0, 0.05) is 37.8 Å². The summed E-state index contributed by atoms with van der Waals surface area (Å²) < 4.78 is 1.45. The van der Waals surface area contributed by atoms with E-state index in [1.54, 1.807) is 16.5 Å². The molecule has 0 aliphatic carbocycles. The summed E-state index contributed by atoms with van der Waals surface area (Å²) in [7, 11) is 0. The minimum Gasteiger partial charge on any atom is -0.339 e. The number of rotatable bonds is 2. The van der Waals surface area contributed by atoms with Crippen molar-refractivity contribution in [1.29, 1.82) is 0 Å². The number of carbonyl (C=O) groups is 1. The number of aromatic nitrogens is 1. The Morgan fingerprint density at radius 3 is 2.80 bits per heavy atom. The lowest BCUT2D eigenvalue weighted by Gasteiger charge is -2.27. The second-order valence-corrected chi connectivity index (χ2v) is 4.28. The quantitative estimate of drug-likeness (QED) is 0.730. The van der Waals surface area contributed by atoms with Crippen molar-refractivity contribution in [3.8, 4) is 0 Å². The van der Waals surface area contributed by atoms with Crippen LogP contribution >= 0.6 is 11.3 Å². The highest BCUT2D eigenvalue weighted by atomic mass is 32.1. The van der Waals surface area contributed by atoms with Gasteiger partial charge in [-0.25, -0.2) is 0 Å². The fraction of sp³-hybridized carbons (Fsp3) is 0.556. The number of hydrogen-bond acceptors (Lipinski definition) is 4. The van der Waals surface area contributed by atoms with E-state index in [4.69, 9.17) is 0 Å². The monoisotopic (exact) mass is 227 g/mol. The fourth-order valence-corrected chi connectivity index (χ4v) is 2.15. The normalized spacial score (nSPS) is 16.7. The first-order chi connectivity index (χ1) is 7.27. The van der Waals surface area contributed by atoms with Crippen LogP contribution in [0.3, 0.4) is 0 Å². The average molecular weight is 227 g/mol. The van der Waals surface area contributed by atoms with E-state index < -0.39 is 0 Å². The molecule has 1 saturated heterocycles. The van der Waals surface area contributed by atoms with Gasteiger partial charge in [-0.3, -0.25) is 14.2 Å². The summed E-state index contributed by atoms with van der Waals surface area (Å²) in [5.74, 6) is 0.0250. The van der Waals surface area contributed by atoms with Crippen molar-refractivity contribution >= 4 is 17.2 Å². The van der Waals surface area contributed by atoms with Gasteiger partial charge in [-0.1, -0.05) is 11.3 Å². The number of nitrogens with zero attached hydrogens (tertiary/aromatic N) is 2. The number of carbonyl (C=O) groups excluding carboxylic acids is 1. The number of thiazole rings is 1. The third kappa shape index (κ3) is 2.45. The second-order valence-electron chi connectivity index (χ2n) is 3.43. The summed E-state index contributed by atoms with van der Waals surface area (Å²) in [4.78, 5) is 24.7. The van der Waals surface area contributed by atoms with Crippen LogP contribution in [0.4, 0.5) is 0 Å². The summed E-state index contributed by atoms with van der Waals surface area (Å²) in [5, 5.41) is 4.88. The van der Waals surface area contributed by atoms with E-state index in [-0.39, 0.29) is 17.3 Å². The number of piperazine rings is 1. The van der Waals surface area contributed by atoms with Crippen molar-refractivity contribution < 1.29 is 4.79 Å². The van der Waals surface area contributed by atoms with Crippen LogP contribution in [0.15, 0.2) is 16.4 Å². The predicted octanol–water partition coefficient (Wildman–Crippen LogP) is -0.658. The maximum Gasteiger partial charge on any atom is 0.307 e. The summed E-state index contributed by atoms with van der Waals surface area (Å²) in [5.41, 5.74) is 0. The molecule has 1 amide bonds. The SMILES string of the molecule is O=C(Cn1ccsc1=O)N1CCNCC1. The van der Waals surface area contributed by atoms with E-state index >= 15 is 0 Å². The van der Waals surface area contributed by atoms with Crippen molar-refractivity contribution in [2.75, 3.05) is 26.2 Å². The molecule has 6 heteroatoms. The smallest absolute Gasteiger partial charge is 0.307 e. The molecule has 15 heavy (non-hydrogen) atoms. The molecular weight excluding hydrogens is 214 g/mol. The van der Waals surface area contributed by atoms with E-state index in [1.165, 1.54) is 4.57 Å². The van der Waals surface area contributed by atoms with E-state index in [1.807, 2.05) is 0 Å². The Morgan fingerprint density at radius 2 is 2.20 bits per heavy atom. The maximum atomic E-state index is 11.8. The Balaban J connectivity index is 1.97. The van der Waals surface area contributed by atoms with Crippen LogP contribution in [0.1, 0.15) is 0 Å². The third-order valence-corrected chi connectivity index (χ3v) is 3.11. The molecule has 1 aliphatic rings. The highest BCUT2D eigenvalue weighted by Crippen LogP contribution is 1.96. The van der Waals surface area contributed by atoms with Crippen LogP contribution in [0.2, 0.25) is 0 Å². The second kappa shape index (κ2) is 4.59. The minimum atomic E-state index is -0.0708. The van der Waals surface area contributed by atoms with Crippen LogP contribution in [0, 0.1) is 0 Å². The van der Waals surface area contributed by atoms with Crippen LogP contribution in [0.5, 0.6) is 0 Å². The molecular formula is C9H13N3O2S. The Labute approximate surface area is 91.3 Å². The maximum absolute atomic E-state index is 11.8. The molecule has 0 atom stereocenters. The molecule has 1 aliphatic heterocycles. The standard InChI is InChI=1S/C9H13N3O2S/c13-8(11-3-1-10-2-4-11)7-12-5-6-15-9(12)14/h5-6,10H,1-4,7H2. The zero-order valence-electron chi connectivity index (χ0n) is 8.31. The Hall–Kier alpha value is -1.14. The molecule has 0 radical (unpaired) electrons. The van der Waals surface area contributed by atoms with E-state index in [2.05, 4.69) is 5.32 Å². The predicted molar refractivity (Wildman–Crippen MR) is 58.0 cm³/mol. The van der Waals surface area contributed by atoms with Gasteiger partial charge in [0.15, 0.2) is 0 Å². The lowest BCUT2D eigenvalue weighted by molar-refractivity contribution is -0.132. The molecule has 1 aromatic rings. The van der Waals surface area contributed by atoms with Crippen molar-refractivity contribution in [3.63, 3.8) is 0 Å². The first-order valence-corrected chi connectivity index (χ1v) is 5.78. The highest BCUT2D eigenvalue weighted by Gasteiger charge is 2.16. The topological polar surface area (TPSA) is 54.3 Å². The zero-order valence-corrected chi connectivity index (χ0v) is 9.13. The Kier molecular flexibility index (Phi) is 3.17. The Bertz CT molecular complexity index is 392. The van der Waals surface area contributed by atoms with Gasteiger partial charge in [0.05, 0.1) is 0 Å². The van der Waals surface area contributed by atoms with Crippen molar-refractivity contribution in [2.45, 2.75) is 6.54 Å². The van der Waals surface area contributed by atoms with Gasteiger partial charge in [0.25, 0.3) is 0 Å². The fourth-order valence-electron chi connectivity index (χ4n) is 1.57. The van der Waals surface area contributed by atoms with Crippen molar-refractivity contribution in [3.05, 3.63) is 21.2 Å². The first kappa shape index (κ1) is 10.4. The van der Waals surface area contributed by atoms with Gasteiger partial charge in [0.2, 0.25) is 5.91 Å². The molecule has 0 spiro atoms. The van der Waals surface area contributed by atoms with Gasteiger partial charge in [-0.15, -0.1) is 0 Å². The molecule has 2 heterocycles. The molecule has 0 saturated carbocycles. The average Bonchev–Trinajstić information content (AvgIpc) is 2.66. The molecule has 1 aromatic heterocycles. The number of hydrogen-bond donors (Lipinski definition) is 1. The molecule has 5 nitrogen and oxygen atoms in total. The molecule has 0 bridgehead atoms. The van der Waals surface area contributed by atoms with Gasteiger partial charge in [0.1, 0.15) is 6.54 Å². The zero-order chi connectivity index (χ0) is 10.7. The molecule has 82 valence electrons. The third-order valence-electron chi connectivity index (χ3n) is 2.42. The van der Waals surface area contributed by atoms with Gasteiger partial charge in [-0.2, -0.15) is 0 Å². The van der Waals surface area contributed by atoms with E-state index in [0.29, 0.717) is 0 Å². The molecule has 0 aromatic carbocycles. The summed E-state index contributed by atoms with van der Waals surface area (Å²) in [6.45, 7) is 3.31. The lowest BCUT2D eigenvalue weighted by atomic mass is 10.3. The van der Waals surface area contributed by atoms with Crippen LogP contribution in [0.25, 0.3) is 0 Å². The van der Waals surface area contributed by atoms with Crippen LogP contribution < -0.4 is 10.2 Å². The van der Waals surface area contributed by atoms with Gasteiger partial charge >= 0.3 is 4.87 Å². The number of nitrogens with one attached hydrogen (secondary N) is 1.